The van der Waals surface area contributed by atoms with Gasteiger partial charge in [-0.1, -0.05) is 27.7 Å². The van der Waals surface area contributed by atoms with Crippen molar-refractivity contribution in [2.75, 3.05) is 26.2 Å². The first-order valence-corrected chi connectivity index (χ1v) is 6.04. The fourth-order valence-corrected chi connectivity index (χ4v) is 1.70. The smallest absolute Gasteiger partial charge is 0.221 e. The number of nitrogens with two attached hydrogens (primary N) is 2. The summed E-state index contributed by atoms with van der Waals surface area (Å²) in [7, 11) is 0. The first-order valence-electron chi connectivity index (χ1n) is 6.04. The van der Waals surface area contributed by atoms with Crippen molar-refractivity contribution < 1.29 is 4.79 Å². The molecule has 0 aromatic carbocycles. The lowest BCUT2D eigenvalue weighted by Gasteiger charge is -2.32. The fourth-order valence-electron chi connectivity index (χ4n) is 1.70. The van der Waals surface area contributed by atoms with Crippen LogP contribution in [0.1, 0.15) is 34.1 Å². The van der Waals surface area contributed by atoms with Gasteiger partial charge < -0.3 is 16.4 Å². The van der Waals surface area contributed by atoms with Gasteiger partial charge in [0.1, 0.15) is 0 Å². The van der Waals surface area contributed by atoms with E-state index in [1.807, 2.05) is 6.92 Å². The summed E-state index contributed by atoms with van der Waals surface area (Å²) in [4.78, 5) is 13.3. The van der Waals surface area contributed by atoms with E-state index < -0.39 is 0 Å². The van der Waals surface area contributed by atoms with E-state index in [1.165, 1.54) is 0 Å². The Bertz CT molecular complexity index is 216. The minimum Gasteiger partial charge on any atom is -0.369 e. The molecule has 0 aliphatic rings. The van der Waals surface area contributed by atoms with Crippen molar-refractivity contribution >= 4 is 5.91 Å². The van der Waals surface area contributed by atoms with Gasteiger partial charge in [-0.15, -0.1) is 0 Å². The Labute approximate surface area is 99.4 Å². The molecule has 4 heteroatoms. The van der Waals surface area contributed by atoms with E-state index in [4.69, 9.17) is 11.5 Å². The molecular weight excluding hydrogens is 202 g/mol. The highest BCUT2D eigenvalue weighted by Crippen LogP contribution is 2.16. The van der Waals surface area contributed by atoms with Gasteiger partial charge in [-0.2, -0.15) is 0 Å². The molecule has 1 unspecified atom stereocenters. The van der Waals surface area contributed by atoms with Gasteiger partial charge in [0.15, 0.2) is 0 Å². The maximum Gasteiger partial charge on any atom is 0.221 e. The highest BCUT2D eigenvalue weighted by Gasteiger charge is 2.22. The largest absolute Gasteiger partial charge is 0.369 e. The number of carbonyl (C=O) groups is 1. The van der Waals surface area contributed by atoms with E-state index in [0.717, 1.165) is 26.1 Å². The lowest BCUT2D eigenvalue weighted by atomic mass is 9.92. The number of primary amides is 1. The Hall–Kier alpha value is -0.610. The van der Waals surface area contributed by atoms with Crippen LogP contribution < -0.4 is 11.5 Å². The van der Waals surface area contributed by atoms with E-state index >= 15 is 0 Å². The van der Waals surface area contributed by atoms with Crippen molar-refractivity contribution in [3.8, 4) is 0 Å². The van der Waals surface area contributed by atoms with Crippen LogP contribution in [0.25, 0.3) is 0 Å². The van der Waals surface area contributed by atoms with Crippen molar-refractivity contribution in [3.05, 3.63) is 0 Å². The van der Waals surface area contributed by atoms with Gasteiger partial charge in [0.2, 0.25) is 5.91 Å². The summed E-state index contributed by atoms with van der Waals surface area (Å²) in [6.07, 6.45) is 1.08. The summed E-state index contributed by atoms with van der Waals surface area (Å²) in [6, 6.07) is 0. The normalized spacial score (nSPS) is 14.1. The van der Waals surface area contributed by atoms with Gasteiger partial charge in [-0.25, -0.2) is 0 Å². The van der Waals surface area contributed by atoms with Crippen molar-refractivity contribution in [2.45, 2.75) is 34.1 Å². The lowest BCUT2D eigenvalue weighted by Crippen LogP contribution is -2.43. The first kappa shape index (κ1) is 15.4. The summed E-state index contributed by atoms with van der Waals surface area (Å²) in [6.45, 7) is 11.6. The van der Waals surface area contributed by atoms with Crippen LogP contribution in [-0.4, -0.2) is 37.0 Å². The molecular formula is C12H27N3O. The predicted molar refractivity (Wildman–Crippen MR) is 67.9 cm³/mol. The number of hydrogen-bond donors (Lipinski definition) is 2. The Morgan fingerprint density at radius 3 is 2.38 bits per heavy atom. The molecule has 1 atom stereocenters. The number of hydrogen-bond acceptors (Lipinski definition) is 3. The Kier molecular flexibility index (Phi) is 6.60. The molecule has 0 aromatic rings. The van der Waals surface area contributed by atoms with Crippen molar-refractivity contribution in [2.24, 2.45) is 22.8 Å². The van der Waals surface area contributed by atoms with E-state index in [0.29, 0.717) is 6.54 Å². The molecule has 0 saturated heterocycles. The molecule has 0 spiro atoms. The predicted octanol–water partition coefficient (Wildman–Crippen LogP) is 0.805. The lowest BCUT2D eigenvalue weighted by molar-refractivity contribution is -0.122. The van der Waals surface area contributed by atoms with Gasteiger partial charge in [0.25, 0.3) is 0 Å². The summed E-state index contributed by atoms with van der Waals surface area (Å²) in [5, 5.41) is 0. The zero-order valence-electron chi connectivity index (χ0n) is 11.1. The van der Waals surface area contributed by atoms with E-state index in [1.54, 1.807) is 0 Å². The third-order valence-electron chi connectivity index (χ3n) is 2.76. The quantitative estimate of drug-likeness (QED) is 0.647. The van der Waals surface area contributed by atoms with Gasteiger partial charge >= 0.3 is 0 Å². The van der Waals surface area contributed by atoms with Crippen LogP contribution in [0, 0.1) is 11.3 Å². The number of rotatable bonds is 8. The second kappa shape index (κ2) is 6.86. The highest BCUT2D eigenvalue weighted by molar-refractivity contribution is 5.76. The number of amides is 1. The molecule has 0 aromatic heterocycles. The number of carbonyl (C=O) groups excluding carboxylic acids is 1. The monoisotopic (exact) mass is 229 g/mol. The number of nitrogens with zero attached hydrogens (tertiary/aromatic N) is 1. The topological polar surface area (TPSA) is 72.3 Å². The SMILES string of the molecule is CCCN(CC(C)C(N)=O)CC(C)(C)CN. The van der Waals surface area contributed by atoms with Crippen LogP contribution >= 0.6 is 0 Å². The molecule has 0 radical (unpaired) electrons. The molecule has 1 amide bonds. The molecule has 4 N–H and O–H groups in total. The molecule has 0 rings (SSSR count). The molecule has 0 aliphatic carbocycles. The van der Waals surface area contributed by atoms with Crippen LogP contribution in [0.15, 0.2) is 0 Å². The molecule has 0 saturated carbocycles. The third-order valence-corrected chi connectivity index (χ3v) is 2.76. The summed E-state index contributed by atoms with van der Waals surface area (Å²) >= 11 is 0. The van der Waals surface area contributed by atoms with E-state index in [-0.39, 0.29) is 17.2 Å². The molecule has 4 nitrogen and oxygen atoms in total. The van der Waals surface area contributed by atoms with Crippen molar-refractivity contribution in [1.29, 1.82) is 0 Å². The maximum atomic E-state index is 11.0. The summed E-state index contributed by atoms with van der Waals surface area (Å²) < 4.78 is 0. The van der Waals surface area contributed by atoms with Crippen LogP contribution in [0.4, 0.5) is 0 Å². The van der Waals surface area contributed by atoms with Crippen LogP contribution in [0.5, 0.6) is 0 Å². The van der Waals surface area contributed by atoms with Gasteiger partial charge in [0, 0.05) is 19.0 Å². The Morgan fingerprint density at radius 2 is 2.00 bits per heavy atom. The molecule has 0 fully saturated rings. The van der Waals surface area contributed by atoms with Crippen LogP contribution in [0.3, 0.4) is 0 Å². The average molecular weight is 229 g/mol. The molecule has 96 valence electrons. The van der Waals surface area contributed by atoms with Gasteiger partial charge in [0.05, 0.1) is 0 Å². The first-order chi connectivity index (χ1) is 7.32. The van der Waals surface area contributed by atoms with Gasteiger partial charge in [-0.05, 0) is 24.9 Å². The minimum absolute atomic E-state index is 0.0898. The highest BCUT2D eigenvalue weighted by atomic mass is 16.1. The molecule has 0 aliphatic heterocycles. The zero-order valence-corrected chi connectivity index (χ0v) is 11.1. The van der Waals surface area contributed by atoms with E-state index in [2.05, 4.69) is 25.7 Å². The van der Waals surface area contributed by atoms with Crippen molar-refractivity contribution in [1.82, 2.24) is 4.90 Å². The average Bonchev–Trinajstić information content (AvgIpc) is 2.17. The minimum atomic E-state index is -0.230. The van der Waals surface area contributed by atoms with Crippen LogP contribution in [-0.2, 0) is 4.79 Å². The summed E-state index contributed by atoms with van der Waals surface area (Å²) in [5.41, 5.74) is 11.1. The van der Waals surface area contributed by atoms with Crippen LogP contribution in [0.2, 0.25) is 0 Å². The van der Waals surface area contributed by atoms with Crippen molar-refractivity contribution in [3.63, 3.8) is 0 Å². The fraction of sp³-hybridized carbons (Fsp3) is 0.917. The molecule has 0 heterocycles. The Balaban J connectivity index is 4.32. The van der Waals surface area contributed by atoms with E-state index in [9.17, 15) is 4.79 Å². The Morgan fingerprint density at radius 1 is 1.44 bits per heavy atom. The second-order valence-electron chi connectivity index (χ2n) is 5.41. The maximum absolute atomic E-state index is 11.0. The molecule has 16 heavy (non-hydrogen) atoms. The zero-order chi connectivity index (χ0) is 12.8. The van der Waals surface area contributed by atoms with Gasteiger partial charge in [-0.3, -0.25) is 4.79 Å². The molecule has 0 bridgehead atoms. The standard InChI is InChI=1S/C12H27N3O/c1-5-6-15(7-10(2)11(14)16)9-12(3,4)8-13/h10H,5-9,13H2,1-4H3,(H2,14,16). The summed E-state index contributed by atoms with van der Waals surface area (Å²) in [5.74, 6) is -0.327. The third kappa shape index (κ3) is 6.08. The second-order valence-corrected chi connectivity index (χ2v) is 5.41.